The number of carbonyl (C=O) groups is 1. The molecule has 1 heterocycles. The Hall–Kier alpha value is -2.86. The van der Waals surface area contributed by atoms with Gasteiger partial charge in [-0.05, 0) is 25.2 Å². The van der Waals surface area contributed by atoms with Crippen LogP contribution < -0.4 is 14.8 Å². The molecule has 1 unspecified atom stereocenters. The summed E-state index contributed by atoms with van der Waals surface area (Å²) in [5.41, 5.74) is 2.86. The van der Waals surface area contributed by atoms with Crippen LogP contribution in [0.1, 0.15) is 28.9 Å². The van der Waals surface area contributed by atoms with Crippen LogP contribution in [-0.2, 0) is 0 Å². The first-order valence-corrected chi connectivity index (χ1v) is 8.96. The van der Waals surface area contributed by atoms with E-state index in [9.17, 15) is 4.79 Å². The molecule has 2 aromatic carbocycles. The van der Waals surface area contributed by atoms with Gasteiger partial charge in [-0.1, -0.05) is 42.5 Å². The van der Waals surface area contributed by atoms with Crippen molar-refractivity contribution in [1.82, 2.24) is 10.2 Å². The first-order chi connectivity index (χ1) is 13.0. The lowest BCUT2D eigenvalue weighted by atomic mass is 9.88. The number of para-hydroxylation sites is 1. The van der Waals surface area contributed by atoms with Gasteiger partial charge in [0.05, 0.1) is 20.3 Å². The number of nitrogens with zero attached hydrogens (tertiary/aromatic N) is 1. The molecule has 0 aliphatic carbocycles. The molecule has 1 N–H and O–H groups in total. The highest BCUT2D eigenvalue weighted by atomic mass is 32.1. The molecule has 0 fully saturated rings. The fourth-order valence-electron chi connectivity index (χ4n) is 3.25. The first kappa shape index (κ1) is 18.9. The van der Waals surface area contributed by atoms with Gasteiger partial charge >= 0.3 is 0 Å². The zero-order valence-electron chi connectivity index (χ0n) is 15.8. The Morgan fingerprint density at radius 1 is 1.07 bits per heavy atom. The van der Waals surface area contributed by atoms with Crippen molar-refractivity contribution in [3.05, 3.63) is 70.9 Å². The van der Waals surface area contributed by atoms with Gasteiger partial charge in [0.2, 0.25) is 0 Å². The number of ether oxygens (including phenoxy) is 2. The minimum absolute atomic E-state index is 0.0511. The van der Waals surface area contributed by atoms with Crippen molar-refractivity contribution >= 4 is 23.1 Å². The number of ketones is 1. The van der Waals surface area contributed by atoms with Gasteiger partial charge < -0.3 is 19.7 Å². The molecule has 0 radical (unpaired) electrons. The SMILES string of the molecule is COc1cccc(C2NC(=S)N(C)C(C)=C2C(=O)c2ccccc2)c1OC. The smallest absolute Gasteiger partial charge is 0.193 e. The Kier molecular flexibility index (Phi) is 5.46. The molecule has 6 heteroatoms. The fourth-order valence-corrected chi connectivity index (χ4v) is 3.50. The van der Waals surface area contributed by atoms with Gasteiger partial charge in [-0.15, -0.1) is 0 Å². The Labute approximate surface area is 164 Å². The number of rotatable bonds is 5. The summed E-state index contributed by atoms with van der Waals surface area (Å²) in [6.07, 6.45) is 0. The first-order valence-electron chi connectivity index (χ1n) is 8.55. The van der Waals surface area contributed by atoms with Crippen LogP contribution in [0, 0.1) is 0 Å². The molecule has 1 aliphatic heterocycles. The number of hydrogen-bond acceptors (Lipinski definition) is 4. The lowest BCUT2D eigenvalue weighted by Crippen LogP contribution is -2.45. The van der Waals surface area contributed by atoms with Crippen molar-refractivity contribution in [3.8, 4) is 11.5 Å². The van der Waals surface area contributed by atoms with E-state index in [-0.39, 0.29) is 5.78 Å². The molecule has 0 spiro atoms. The summed E-state index contributed by atoms with van der Waals surface area (Å²) in [5, 5.41) is 3.83. The summed E-state index contributed by atoms with van der Waals surface area (Å²) in [4.78, 5) is 15.2. The summed E-state index contributed by atoms with van der Waals surface area (Å²) in [7, 11) is 5.03. The predicted molar refractivity (Wildman–Crippen MR) is 109 cm³/mol. The van der Waals surface area contributed by atoms with Crippen molar-refractivity contribution in [2.75, 3.05) is 21.3 Å². The fraction of sp³-hybridized carbons (Fsp3) is 0.238. The molecule has 3 rings (SSSR count). The molecule has 2 aromatic rings. The molecule has 1 aliphatic rings. The minimum Gasteiger partial charge on any atom is -0.493 e. The van der Waals surface area contributed by atoms with Crippen LogP contribution in [0.15, 0.2) is 59.8 Å². The van der Waals surface area contributed by atoms with E-state index in [0.717, 1.165) is 11.3 Å². The van der Waals surface area contributed by atoms with Crippen LogP contribution in [0.5, 0.6) is 11.5 Å². The van der Waals surface area contributed by atoms with E-state index >= 15 is 0 Å². The van der Waals surface area contributed by atoms with Crippen molar-refractivity contribution in [1.29, 1.82) is 0 Å². The van der Waals surface area contributed by atoms with Gasteiger partial charge in [-0.2, -0.15) is 0 Å². The third-order valence-corrected chi connectivity index (χ3v) is 5.17. The molecule has 5 nitrogen and oxygen atoms in total. The number of hydrogen-bond donors (Lipinski definition) is 1. The maximum Gasteiger partial charge on any atom is 0.193 e. The number of allylic oxidation sites excluding steroid dienone is 1. The molecule has 0 aromatic heterocycles. The van der Waals surface area contributed by atoms with Crippen molar-refractivity contribution in [3.63, 3.8) is 0 Å². The minimum atomic E-state index is -0.438. The van der Waals surface area contributed by atoms with Crippen LogP contribution in [0.4, 0.5) is 0 Å². The van der Waals surface area contributed by atoms with Crippen LogP contribution in [0.2, 0.25) is 0 Å². The van der Waals surface area contributed by atoms with E-state index in [1.807, 2.05) is 67.4 Å². The average molecular weight is 382 g/mol. The third kappa shape index (κ3) is 3.40. The molecule has 0 bridgehead atoms. The maximum atomic E-state index is 13.4. The standard InChI is InChI=1S/C21H22N2O3S/c1-13-17(19(24)14-9-6-5-7-10-14)18(22-21(27)23(13)2)15-11-8-12-16(25-3)20(15)26-4/h5-12,18H,1-4H3,(H,22,27). The number of thiocarbonyl (C=S) groups is 1. The second-order valence-electron chi connectivity index (χ2n) is 6.22. The lowest BCUT2D eigenvalue weighted by molar-refractivity contribution is 0.102. The Morgan fingerprint density at radius 3 is 2.41 bits per heavy atom. The van der Waals surface area contributed by atoms with Crippen LogP contribution in [-0.4, -0.2) is 37.1 Å². The number of carbonyl (C=O) groups excluding carboxylic acids is 1. The number of benzene rings is 2. The second kappa shape index (κ2) is 7.80. The highest BCUT2D eigenvalue weighted by molar-refractivity contribution is 7.80. The van der Waals surface area contributed by atoms with E-state index < -0.39 is 6.04 Å². The van der Waals surface area contributed by atoms with Gasteiger partial charge in [0.1, 0.15) is 0 Å². The molecule has 27 heavy (non-hydrogen) atoms. The zero-order valence-corrected chi connectivity index (χ0v) is 16.6. The van der Waals surface area contributed by atoms with E-state index in [4.69, 9.17) is 21.7 Å². The highest BCUT2D eigenvalue weighted by Gasteiger charge is 2.35. The molecule has 0 amide bonds. The number of nitrogens with one attached hydrogen (secondary N) is 1. The van der Waals surface area contributed by atoms with E-state index in [0.29, 0.717) is 27.7 Å². The summed E-state index contributed by atoms with van der Waals surface area (Å²) >= 11 is 5.48. The molecule has 140 valence electrons. The van der Waals surface area contributed by atoms with E-state index in [1.54, 1.807) is 14.2 Å². The molecule has 0 saturated carbocycles. The summed E-state index contributed by atoms with van der Waals surface area (Å²) < 4.78 is 11.0. The molecule has 1 atom stereocenters. The zero-order chi connectivity index (χ0) is 19.6. The van der Waals surface area contributed by atoms with Crippen LogP contribution >= 0.6 is 12.2 Å². The molecule has 0 saturated heterocycles. The van der Waals surface area contributed by atoms with E-state index in [2.05, 4.69) is 5.32 Å². The Balaban J connectivity index is 2.19. The third-order valence-electron chi connectivity index (χ3n) is 4.78. The van der Waals surface area contributed by atoms with Gasteiger partial charge in [0.25, 0.3) is 0 Å². The van der Waals surface area contributed by atoms with Crippen LogP contribution in [0.25, 0.3) is 0 Å². The van der Waals surface area contributed by atoms with Gasteiger partial charge in [-0.3, -0.25) is 4.79 Å². The predicted octanol–water partition coefficient (Wildman–Crippen LogP) is 3.72. The number of Topliss-reactive ketones (excluding diaryl/α,β-unsaturated/α-hetero) is 1. The average Bonchev–Trinajstić information content (AvgIpc) is 2.71. The summed E-state index contributed by atoms with van der Waals surface area (Å²) in [6, 6.07) is 14.4. The van der Waals surface area contributed by atoms with Gasteiger partial charge in [-0.25, -0.2) is 0 Å². The summed E-state index contributed by atoms with van der Waals surface area (Å²) in [5.74, 6) is 1.13. The molecular weight excluding hydrogens is 360 g/mol. The largest absolute Gasteiger partial charge is 0.493 e. The van der Waals surface area contributed by atoms with Gasteiger partial charge in [0.15, 0.2) is 22.4 Å². The van der Waals surface area contributed by atoms with Crippen LogP contribution in [0.3, 0.4) is 0 Å². The second-order valence-corrected chi connectivity index (χ2v) is 6.61. The van der Waals surface area contributed by atoms with E-state index in [1.165, 1.54) is 0 Å². The maximum absolute atomic E-state index is 13.4. The van der Waals surface area contributed by atoms with Gasteiger partial charge in [0, 0.05) is 29.4 Å². The molecular formula is C21H22N2O3S. The number of methoxy groups -OCH3 is 2. The van der Waals surface area contributed by atoms with Crippen molar-refractivity contribution in [2.24, 2.45) is 0 Å². The monoisotopic (exact) mass is 382 g/mol. The summed E-state index contributed by atoms with van der Waals surface area (Å²) in [6.45, 7) is 1.91. The Bertz CT molecular complexity index is 909. The lowest BCUT2D eigenvalue weighted by Gasteiger charge is -2.36. The topological polar surface area (TPSA) is 50.8 Å². The normalized spacial score (nSPS) is 16.8. The quantitative estimate of drug-likeness (QED) is 0.628. The highest BCUT2D eigenvalue weighted by Crippen LogP contribution is 2.40. The van der Waals surface area contributed by atoms with Crippen molar-refractivity contribution < 1.29 is 14.3 Å². The Morgan fingerprint density at radius 2 is 1.78 bits per heavy atom. The van der Waals surface area contributed by atoms with Crippen molar-refractivity contribution in [2.45, 2.75) is 13.0 Å².